The molecule has 303 valence electrons. The summed E-state index contributed by atoms with van der Waals surface area (Å²) in [6.07, 6.45) is 14.0. The van der Waals surface area contributed by atoms with Crippen LogP contribution >= 0.6 is 15.8 Å². The first-order chi connectivity index (χ1) is 28.9. The van der Waals surface area contributed by atoms with Crippen LogP contribution in [-0.2, 0) is 19.5 Å². The van der Waals surface area contributed by atoms with Crippen LogP contribution in [0.1, 0.15) is 25.7 Å². The van der Waals surface area contributed by atoms with Crippen molar-refractivity contribution in [1.29, 1.82) is 0 Å². The Morgan fingerprint density at radius 1 is 0.317 bits per heavy atom. The third kappa shape index (κ3) is 11.6. The van der Waals surface area contributed by atoms with Crippen molar-refractivity contribution in [3.05, 3.63) is 218 Å². The van der Waals surface area contributed by atoms with Gasteiger partial charge in [-0.2, -0.15) is 0 Å². The summed E-state index contributed by atoms with van der Waals surface area (Å²) in [7, 11) is -7.70. The Balaban J connectivity index is 0.000000373. The van der Waals surface area contributed by atoms with E-state index in [-0.39, 0.29) is 19.5 Å². The van der Waals surface area contributed by atoms with E-state index in [4.69, 9.17) is 0 Å². The summed E-state index contributed by atoms with van der Waals surface area (Å²) in [6, 6.07) is 71.8. The van der Waals surface area contributed by atoms with E-state index >= 15 is 0 Å². The van der Waals surface area contributed by atoms with Crippen LogP contribution in [0.5, 0.6) is 0 Å². The van der Waals surface area contributed by atoms with Gasteiger partial charge >= 0.3 is 7.25 Å². The van der Waals surface area contributed by atoms with E-state index in [0.29, 0.717) is 0 Å². The molecule has 0 aromatic heterocycles. The van der Waals surface area contributed by atoms with Gasteiger partial charge in [0.25, 0.3) is 0 Å². The molecule has 0 saturated carbocycles. The summed E-state index contributed by atoms with van der Waals surface area (Å²) in [5, 5.41) is 13.3. The van der Waals surface area contributed by atoms with Gasteiger partial charge in [0.2, 0.25) is 0 Å². The van der Waals surface area contributed by atoms with Crippen molar-refractivity contribution >= 4 is 76.5 Å². The Morgan fingerprint density at radius 3 is 0.850 bits per heavy atom. The average molecular weight is 921 g/mol. The largest absolute Gasteiger partial charge is 0.673 e. The van der Waals surface area contributed by atoms with Gasteiger partial charge in [0.15, 0.2) is 0 Å². The van der Waals surface area contributed by atoms with E-state index in [1.807, 2.05) is 0 Å². The van der Waals surface area contributed by atoms with E-state index in [0.717, 1.165) is 0 Å². The van der Waals surface area contributed by atoms with Crippen LogP contribution in [0.25, 0.3) is 32.7 Å². The minimum atomic E-state index is -6.00. The Bertz CT molecular complexity index is 2340. The fourth-order valence-corrected chi connectivity index (χ4v) is 12.4. The molecule has 1 radical (unpaired) electrons. The molecular formula is C52H44BF4P2Rh-. The first kappa shape index (κ1) is 44.6. The molecule has 0 amide bonds. The van der Waals surface area contributed by atoms with Gasteiger partial charge in [0, 0.05) is 19.5 Å². The molecule has 60 heavy (non-hydrogen) atoms. The topological polar surface area (TPSA) is 0 Å². The third-order valence-electron chi connectivity index (χ3n) is 9.94. The SMILES string of the molecule is C1=CCCC=CCC1.F[B-](F)(F)F.[Rh].c1ccc(P(c2ccccc2)c2ccc3ccccc3c2-c2c(P(c3ccccc3)c3ccccc3)ccc3ccccc23)cc1. The molecule has 0 nitrogen and oxygen atoms in total. The summed E-state index contributed by atoms with van der Waals surface area (Å²) in [5.74, 6) is 0. The van der Waals surface area contributed by atoms with Crippen molar-refractivity contribution in [3.63, 3.8) is 0 Å². The molecule has 8 aromatic carbocycles. The number of rotatable bonds is 7. The smallest absolute Gasteiger partial charge is 0.418 e. The summed E-state index contributed by atoms with van der Waals surface area (Å²) in [4.78, 5) is 0. The number of hydrogen-bond donors (Lipinski definition) is 0. The molecule has 1 aliphatic rings. The maximum absolute atomic E-state index is 9.75. The molecule has 0 atom stereocenters. The van der Waals surface area contributed by atoms with Gasteiger partial charge in [-0.1, -0.05) is 218 Å². The molecule has 8 heteroatoms. The standard InChI is InChI=1S/C44H32P2.C8H12.BF4.Rh/c1-5-19-35(20-6-1)45(36-21-7-2-8-22-36)41-31-29-33-17-13-15-27-39(33)43(41)44-40-28-16-14-18-34(40)30-32-42(44)46(37-23-9-3-10-24-37)38-25-11-4-12-26-38;1-2-4-6-8-7-5-3-1;2-1(3,4)5;/h1-32H;1-2,7-8H,3-6H2;;/q;;-1;. The van der Waals surface area contributed by atoms with Gasteiger partial charge in [0.05, 0.1) is 0 Å². The Labute approximate surface area is 366 Å². The molecule has 9 rings (SSSR count). The Hall–Kier alpha value is -4.97. The van der Waals surface area contributed by atoms with E-state index < -0.39 is 23.1 Å². The monoisotopic (exact) mass is 920 g/mol. The van der Waals surface area contributed by atoms with E-state index in [1.165, 1.54) is 90.2 Å². The molecule has 0 spiro atoms. The molecule has 0 aliphatic heterocycles. The minimum absolute atomic E-state index is 0. The fraction of sp³-hybridized carbons (Fsp3) is 0.0769. The van der Waals surface area contributed by atoms with Crippen LogP contribution < -0.4 is 31.8 Å². The summed E-state index contributed by atoms with van der Waals surface area (Å²) < 4.78 is 39.0. The van der Waals surface area contributed by atoms with Gasteiger partial charge in [-0.15, -0.1) is 0 Å². The van der Waals surface area contributed by atoms with Gasteiger partial charge in [0.1, 0.15) is 0 Å². The molecule has 0 unspecified atom stereocenters. The molecule has 0 bridgehead atoms. The van der Waals surface area contributed by atoms with Crippen LogP contribution in [-0.4, -0.2) is 7.25 Å². The number of allylic oxidation sites excluding steroid dienone is 4. The van der Waals surface area contributed by atoms with Crippen LogP contribution in [0.3, 0.4) is 0 Å². The van der Waals surface area contributed by atoms with Crippen molar-refractivity contribution in [2.75, 3.05) is 0 Å². The number of hydrogen-bond acceptors (Lipinski definition) is 0. The zero-order chi connectivity index (χ0) is 40.9. The minimum Gasteiger partial charge on any atom is -0.418 e. The van der Waals surface area contributed by atoms with Gasteiger partial charge in [-0.3, -0.25) is 0 Å². The third-order valence-corrected chi connectivity index (χ3v) is 14.9. The molecule has 1 aliphatic carbocycles. The van der Waals surface area contributed by atoms with Crippen LogP contribution in [0, 0.1) is 0 Å². The average Bonchev–Trinajstić information content (AvgIpc) is 3.25. The summed E-state index contributed by atoms with van der Waals surface area (Å²) in [5.41, 5.74) is 2.70. The van der Waals surface area contributed by atoms with Gasteiger partial charge in [-0.25, -0.2) is 0 Å². The molecule has 8 aromatic rings. The van der Waals surface area contributed by atoms with Crippen LogP contribution in [0.15, 0.2) is 218 Å². The Kier molecular flexibility index (Phi) is 16.4. The zero-order valence-corrected chi connectivity index (χ0v) is 36.4. The predicted molar refractivity (Wildman–Crippen MR) is 251 cm³/mol. The normalized spacial score (nSPS) is 12.4. The second kappa shape index (κ2) is 22.0. The van der Waals surface area contributed by atoms with Crippen molar-refractivity contribution in [2.45, 2.75) is 25.7 Å². The van der Waals surface area contributed by atoms with E-state index in [2.05, 4.69) is 218 Å². The second-order valence-electron chi connectivity index (χ2n) is 14.0. The fourth-order valence-electron chi connectivity index (χ4n) is 7.44. The molecular weight excluding hydrogens is 876 g/mol. The summed E-state index contributed by atoms with van der Waals surface area (Å²) >= 11 is 0. The van der Waals surface area contributed by atoms with E-state index in [1.54, 1.807) is 0 Å². The molecule has 0 fully saturated rings. The second-order valence-corrected chi connectivity index (χ2v) is 18.3. The summed E-state index contributed by atoms with van der Waals surface area (Å²) in [6.45, 7) is 0. The molecule has 0 N–H and O–H groups in total. The number of halogens is 4. The van der Waals surface area contributed by atoms with Gasteiger partial charge in [-0.05, 0) is 106 Å². The first-order valence-electron chi connectivity index (χ1n) is 19.9. The van der Waals surface area contributed by atoms with Crippen molar-refractivity contribution in [3.8, 4) is 11.1 Å². The van der Waals surface area contributed by atoms with E-state index in [9.17, 15) is 17.3 Å². The maximum atomic E-state index is 9.75. The van der Waals surface area contributed by atoms with Crippen LogP contribution in [0.2, 0.25) is 0 Å². The molecule has 0 saturated heterocycles. The zero-order valence-electron chi connectivity index (χ0n) is 32.9. The van der Waals surface area contributed by atoms with Crippen molar-refractivity contribution in [1.82, 2.24) is 0 Å². The quantitative estimate of drug-likeness (QED) is 0.0647. The van der Waals surface area contributed by atoms with Crippen molar-refractivity contribution in [2.24, 2.45) is 0 Å². The predicted octanol–water partition coefficient (Wildman–Crippen LogP) is 13.1. The molecule has 0 heterocycles. The van der Waals surface area contributed by atoms with Gasteiger partial charge < -0.3 is 17.3 Å². The Morgan fingerprint density at radius 2 is 0.567 bits per heavy atom. The maximum Gasteiger partial charge on any atom is 0.673 e. The number of fused-ring (bicyclic) bond motifs is 2. The first-order valence-corrected chi connectivity index (χ1v) is 22.6. The van der Waals surface area contributed by atoms with Crippen molar-refractivity contribution < 1.29 is 36.7 Å². The van der Waals surface area contributed by atoms with Crippen LogP contribution in [0.4, 0.5) is 17.3 Å². The number of benzene rings is 8.